The number of hydrogen-bond donors (Lipinski definition) is 2. The molecule has 1 aromatic rings. The Morgan fingerprint density at radius 2 is 2.17 bits per heavy atom. The van der Waals surface area contributed by atoms with E-state index >= 15 is 0 Å². The topological polar surface area (TPSA) is 100 Å². The van der Waals surface area contributed by atoms with Gasteiger partial charge in [-0.05, 0) is 18.6 Å². The molecular weight excluding hydrogens is 252 g/mol. The van der Waals surface area contributed by atoms with Crippen LogP contribution in [-0.2, 0) is 9.84 Å². The molecule has 1 fully saturated rings. The largest absolute Gasteiger partial charge is 0.384 e. The molecule has 7 heteroatoms. The third-order valence-corrected chi connectivity index (χ3v) is 4.65. The number of nitrogens with two attached hydrogens (primary N) is 1. The second-order valence-corrected chi connectivity index (χ2v) is 6.61. The smallest absolute Gasteiger partial charge is 0.152 e. The molecule has 0 atom stereocenters. The van der Waals surface area contributed by atoms with Crippen LogP contribution in [0.4, 0.5) is 5.82 Å². The predicted octanol–water partition coefficient (Wildman–Crippen LogP) is -0.00943. The minimum Gasteiger partial charge on any atom is -0.384 e. The molecular formula is C11H16N4O2S. The molecule has 0 radical (unpaired) electrons. The maximum absolute atomic E-state index is 11.5. The van der Waals surface area contributed by atoms with Crippen LogP contribution in [0.25, 0.3) is 0 Å². The highest BCUT2D eigenvalue weighted by Crippen LogP contribution is 2.15. The predicted molar refractivity (Wildman–Crippen MR) is 70.7 cm³/mol. The summed E-state index contributed by atoms with van der Waals surface area (Å²) >= 11 is 0. The van der Waals surface area contributed by atoms with Gasteiger partial charge in [0.25, 0.3) is 0 Å². The van der Waals surface area contributed by atoms with Crippen molar-refractivity contribution in [2.24, 2.45) is 5.73 Å². The van der Waals surface area contributed by atoms with Crippen molar-refractivity contribution in [3.8, 4) is 0 Å². The van der Waals surface area contributed by atoms with E-state index in [2.05, 4.69) is 4.98 Å². The van der Waals surface area contributed by atoms with E-state index < -0.39 is 9.84 Å². The van der Waals surface area contributed by atoms with E-state index in [-0.39, 0.29) is 17.3 Å². The lowest BCUT2D eigenvalue weighted by Gasteiger charge is -2.21. The van der Waals surface area contributed by atoms with Crippen LogP contribution >= 0.6 is 0 Å². The van der Waals surface area contributed by atoms with Crippen molar-refractivity contribution >= 4 is 21.5 Å². The molecule has 3 N–H and O–H groups in total. The quantitative estimate of drug-likeness (QED) is 0.580. The molecule has 1 aliphatic rings. The second kappa shape index (κ2) is 4.93. The summed E-state index contributed by atoms with van der Waals surface area (Å²) in [6, 6.07) is 3.39. The third-order valence-electron chi connectivity index (χ3n) is 2.94. The van der Waals surface area contributed by atoms with Gasteiger partial charge in [0, 0.05) is 24.8 Å². The van der Waals surface area contributed by atoms with E-state index in [0.29, 0.717) is 30.9 Å². The number of nitrogens with zero attached hydrogens (tertiary/aromatic N) is 2. The molecule has 0 spiro atoms. The van der Waals surface area contributed by atoms with Crippen molar-refractivity contribution in [2.45, 2.75) is 6.42 Å². The van der Waals surface area contributed by atoms with Gasteiger partial charge in [0.05, 0.1) is 11.5 Å². The standard InChI is InChI=1S/C11H16N4O2S/c12-11(13)9-2-3-14-10(8-9)15-4-1-6-18(16,17)7-5-15/h2-3,8H,1,4-7H2,(H3,12,13). The normalized spacial score (nSPS) is 19.2. The van der Waals surface area contributed by atoms with Gasteiger partial charge in [0.15, 0.2) is 9.84 Å². The van der Waals surface area contributed by atoms with Crippen LogP contribution in [-0.4, -0.2) is 43.8 Å². The number of nitrogens with one attached hydrogen (secondary N) is 1. The van der Waals surface area contributed by atoms with Crippen LogP contribution in [0.1, 0.15) is 12.0 Å². The van der Waals surface area contributed by atoms with Crippen LogP contribution in [0.5, 0.6) is 0 Å². The molecule has 1 saturated heterocycles. The molecule has 98 valence electrons. The number of nitrogen functional groups attached to an aromatic ring is 1. The first kappa shape index (κ1) is 12.8. The highest BCUT2D eigenvalue weighted by atomic mass is 32.2. The van der Waals surface area contributed by atoms with Crippen molar-refractivity contribution in [3.63, 3.8) is 0 Å². The third kappa shape index (κ3) is 2.98. The van der Waals surface area contributed by atoms with Crippen molar-refractivity contribution in [1.29, 1.82) is 5.41 Å². The summed E-state index contributed by atoms with van der Waals surface area (Å²) in [6.45, 7) is 1.10. The Labute approximate surface area is 106 Å². The Bertz CT molecular complexity index is 556. The fourth-order valence-corrected chi connectivity index (χ4v) is 3.20. The lowest BCUT2D eigenvalue weighted by molar-refractivity contribution is 0.597. The molecule has 1 aliphatic heterocycles. The van der Waals surface area contributed by atoms with Gasteiger partial charge >= 0.3 is 0 Å². The Morgan fingerprint density at radius 3 is 2.89 bits per heavy atom. The number of pyridine rings is 1. The van der Waals surface area contributed by atoms with Gasteiger partial charge in [0.2, 0.25) is 0 Å². The van der Waals surface area contributed by atoms with E-state index in [0.717, 1.165) is 0 Å². The Balaban J connectivity index is 2.21. The van der Waals surface area contributed by atoms with Crippen LogP contribution in [0.2, 0.25) is 0 Å². The monoisotopic (exact) mass is 268 g/mol. The highest BCUT2D eigenvalue weighted by Gasteiger charge is 2.20. The maximum Gasteiger partial charge on any atom is 0.152 e. The van der Waals surface area contributed by atoms with E-state index in [1.165, 1.54) is 0 Å². The average molecular weight is 268 g/mol. The zero-order chi connectivity index (χ0) is 13.2. The molecule has 2 heterocycles. The molecule has 6 nitrogen and oxygen atoms in total. The van der Waals surface area contributed by atoms with Gasteiger partial charge in [-0.3, -0.25) is 5.41 Å². The first-order chi connectivity index (χ1) is 8.48. The minimum absolute atomic E-state index is 0.0129. The Kier molecular flexibility index (Phi) is 3.51. The summed E-state index contributed by atoms with van der Waals surface area (Å²) in [5.74, 6) is 1.05. The Morgan fingerprint density at radius 1 is 1.39 bits per heavy atom. The van der Waals surface area contributed by atoms with Crippen LogP contribution in [0.3, 0.4) is 0 Å². The fourth-order valence-electron chi connectivity index (χ4n) is 1.93. The van der Waals surface area contributed by atoms with Gasteiger partial charge in [0.1, 0.15) is 11.7 Å². The number of hydrogen-bond acceptors (Lipinski definition) is 5. The molecule has 0 bridgehead atoms. The fraction of sp³-hybridized carbons (Fsp3) is 0.455. The summed E-state index contributed by atoms with van der Waals surface area (Å²) in [4.78, 5) is 6.14. The maximum atomic E-state index is 11.5. The molecule has 0 aliphatic carbocycles. The van der Waals surface area contributed by atoms with Crippen LogP contribution < -0.4 is 10.6 Å². The van der Waals surface area contributed by atoms with Gasteiger partial charge in [-0.15, -0.1) is 0 Å². The number of anilines is 1. The molecule has 1 aromatic heterocycles. The first-order valence-electron chi connectivity index (χ1n) is 5.74. The zero-order valence-corrected chi connectivity index (χ0v) is 10.8. The van der Waals surface area contributed by atoms with Crippen molar-refractivity contribution in [3.05, 3.63) is 23.9 Å². The second-order valence-electron chi connectivity index (χ2n) is 4.31. The number of aromatic nitrogens is 1. The summed E-state index contributed by atoms with van der Waals surface area (Å²) in [7, 11) is -2.92. The van der Waals surface area contributed by atoms with E-state index in [9.17, 15) is 8.42 Å². The highest BCUT2D eigenvalue weighted by molar-refractivity contribution is 7.91. The summed E-state index contributed by atoms with van der Waals surface area (Å²) in [5, 5.41) is 7.39. The summed E-state index contributed by atoms with van der Waals surface area (Å²) in [5.41, 5.74) is 6.03. The number of sulfone groups is 1. The molecule has 0 unspecified atom stereocenters. The van der Waals surface area contributed by atoms with Gasteiger partial charge in [-0.2, -0.15) is 0 Å². The van der Waals surface area contributed by atoms with Crippen molar-refractivity contribution in [2.75, 3.05) is 29.5 Å². The van der Waals surface area contributed by atoms with Crippen molar-refractivity contribution in [1.82, 2.24) is 4.98 Å². The molecule has 0 saturated carbocycles. The Hall–Kier alpha value is -1.63. The van der Waals surface area contributed by atoms with Gasteiger partial charge in [-0.1, -0.05) is 0 Å². The molecule has 0 aromatic carbocycles. The van der Waals surface area contributed by atoms with Gasteiger partial charge < -0.3 is 10.6 Å². The lowest BCUT2D eigenvalue weighted by atomic mass is 10.2. The summed E-state index contributed by atoms with van der Waals surface area (Å²) in [6.07, 6.45) is 2.19. The number of amidine groups is 1. The lowest BCUT2D eigenvalue weighted by Crippen LogP contribution is -2.28. The van der Waals surface area contributed by atoms with Crippen molar-refractivity contribution < 1.29 is 8.42 Å². The molecule has 0 amide bonds. The van der Waals surface area contributed by atoms with Crippen LogP contribution in [0.15, 0.2) is 18.3 Å². The minimum atomic E-state index is -2.92. The molecule has 18 heavy (non-hydrogen) atoms. The first-order valence-corrected chi connectivity index (χ1v) is 7.56. The average Bonchev–Trinajstić information content (AvgIpc) is 2.50. The SMILES string of the molecule is N=C(N)c1ccnc(N2CCCS(=O)(=O)CC2)c1. The zero-order valence-electron chi connectivity index (χ0n) is 9.96. The number of rotatable bonds is 2. The summed E-state index contributed by atoms with van der Waals surface area (Å²) < 4.78 is 23.0. The van der Waals surface area contributed by atoms with E-state index in [4.69, 9.17) is 11.1 Å². The molecule has 2 rings (SSSR count). The van der Waals surface area contributed by atoms with Crippen LogP contribution in [0, 0.1) is 5.41 Å². The van der Waals surface area contributed by atoms with Gasteiger partial charge in [-0.25, -0.2) is 13.4 Å². The van der Waals surface area contributed by atoms with E-state index in [1.807, 2.05) is 4.90 Å². The van der Waals surface area contributed by atoms with E-state index in [1.54, 1.807) is 18.3 Å².